The lowest BCUT2D eigenvalue weighted by molar-refractivity contribution is -0.122. The summed E-state index contributed by atoms with van der Waals surface area (Å²) in [6.07, 6.45) is 0.924. The number of carbonyl (C=O) groups is 1. The van der Waals surface area contributed by atoms with E-state index in [-0.39, 0.29) is 11.8 Å². The first-order chi connectivity index (χ1) is 6.33. The molecule has 0 unspecified atom stereocenters. The fourth-order valence-electron chi connectivity index (χ4n) is 1.66. The van der Waals surface area contributed by atoms with Gasteiger partial charge in [-0.2, -0.15) is 0 Å². The van der Waals surface area contributed by atoms with E-state index in [0.29, 0.717) is 5.92 Å². The van der Waals surface area contributed by atoms with Gasteiger partial charge in [-0.3, -0.25) is 10.2 Å². The molecule has 3 heteroatoms. The molecule has 13 heavy (non-hydrogen) atoms. The molecule has 0 spiro atoms. The van der Waals surface area contributed by atoms with E-state index in [1.165, 1.54) is 5.56 Å². The molecule has 0 saturated heterocycles. The first-order valence-electron chi connectivity index (χ1n) is 4.38. The minimum atomic E-state index is -0.0474. The Morgan fingerprint density at radius 3 is 2.69 bits per heavy atom. The molecule has 1 aliphatic carbocycles. The van der Waals surface area contributed by atoms with Gasteiger partial charge in [-0.05, 0) is 17.9 Å². The van der Waals surface area contributed by atoms with Crippen LogP contribution in [0.25, 0.3) is 0 Å². The van der Waals surface area contributed by atoms with Gasteiger partial charge < -0.3 is 0 Å². The zero-order valence-electron chi connectivity index (χ0n) is 7.23. The van der Waals surface area contributed by atoms with E-state index in [9.17, 15) is 4.79 Å². The zero-order chi connectivity index (χ0) is 9.26. The second kappa shape index (κ2) is 3.18. The van der Waals surface area contributed by atoms with E-state index in [1.54, 1.807) is 0 Å². The predicted octanol–water partition coefficient (Wildman–Crippen LogP) is 0.780. The molecule has 0 aliphatic heterocycles. The van der Waals surface area contributed by atoms with Gasteiger partial charge in [0, 0.05) is 5.92 Å². The maximum absolute atomic E-state index is 11.1. The summed E-state index contributed by atoms with van der Waals surface area (Å²) >= 11 is 0. The largest absolute Gasteiger partial charge is 0.294 e. The van der Waals surface area contributed by atoms with Gasteiger partial charge in [-0.1, -0.05) is 30.3 Å². The van der Waals surface area contributed by atoms with Crippen molar-refractivity contribution >= 4 is 5.91 Å². The number of hydrogen-bond acceptors (Lipinski definition) is 2. The molecule has 1 amide bonds. The second-order valence-electron chi connectivity index (χ2n) is 3.37. The number of carbonyl (C=O) groups excluding carboxylic acids is 1. The molecule has 1 saturated carbocycles. The van der Waals surface area contributed by atoms with Gasteiger partial charge in [0.1, 0.15) is 0 Å². The SMILES string of the molecule is NNC(=O)[C@H]1C[C@@H]1c1ccccc1. The minimum Gasteiger partial charge on any atom is -0.294 e. The minimum absolute atomic E-state index is 0.0474. The Bertz CT molecular complexity index is 310. The van der Waals surface area contributed by atoms with E-state index < -0.39 is 0 Å². The Morgan fingerprint density at radius 1 is 1.38 bits per heavy atom. The number of nitrogens with two attached hydrogens (primary N) is 1. The Balaban J connectivity index is 2.04. The molecule has 3 nitrogen and oxygen atoms in total. The topological polar surface area (TPSA) is 55.1 Å². The van der Waals surface area contributed by atoms with Crippen LogP contribution in [0.2, 0.25) is 0 Å². The molecule has 0 heterocycles. The van der Waals surface area contributed by atoms with E-state index in [0.717, 1.165) is 6.42 Å². The number of benzene rings is 1. The molecule has 0 radical (unpaired) electrons. The van der Waals surface area contributed by atoms with Crippen molar-refractivity contribution in [2.24, 2.45) is 11.8 Å². The average molecular weight is 176 g/mol. The van der Waals surface area contributed by atoms with Gasteiger partial charge in [0.15, 0.2) is 0 Å². The second-order valence-corrected chi connectivity index (χ2v) is 3.37. The van der Waals surface area contributed by atoms with Gasteiger partial charge >= 0.3 is 0 Å². The van der Waals surface area contributed by atoms with Crippen molar-refractivity contribution in [3.05, 3.63) is 35.9 Å². The van der Waals surface area contributed by atoms with Crippen LogP contribution in [0.5, 0.6) is 0 Å². The third-order valence-electron chi connectivity index (χ3n) is 2.50. The van der Waals surface area contributed by atoms with Crippen molar-refractivity contribution in [3.8, 4) is 0 Å². The van der Waals surface area contributed by atoms with E-state index in [1.807, 2.05) is 18.2 Å². The maximum Gasteiger partial charge on any atom is 0.237 e. The van der Waals surface area contributed by atoms with E-state index >= 15 is 0 Å². The summed E-state index contributed by atoms with van der Waals surface area (Å²) in [5.41, 5.74) is 3.42. The monoisotopic (exact) mass is 176 g/mol. The Hall–Kier alpha value is -1.35. The summed E-state index contributed by atoms with van der Waals surface area (Å²) in [6, 6.07) is 10.1. The van der Waals surface area contributed by atoms with Gasteiger partial charge in [0.2, 0.25) is 5.91 Å². The normalized spacial score (nSPS) is 25.3. The van der Waals surface area contributed by atoms with E-state index in [4.69, 9.17) is 5.84 Å². The third-order valence-corrected chi connectivity index (χ3v) is 2.50. The highest BCUT2D eigenvalue weighted by molar-refractivity contribution is 5.82. The summed E-state index contributed by atoms with van der Waals surface area (Å²) in [6.45, 7) is 0. The van der Waals surface area contributed by atoms with Crippen molar-refractivity contribution < 1.29 is 4.79 Å². The lowest BCUT2D eigenvalue weighted by atomic mass is 10.1. The van der Waals surface area contributed by atoms with Crippen LogP contribution in [0.15, 0.2) is 30.3 Å². The lowest BCUT2D eigenvalue weighted by Crippen LogP contribution is -2.31. The van der Waals surface area contributed by atoms with Crippen LogP contribution in [-0.2, 0) is 4.79 Å². The first-order valence-corrected chi connectivity index (χ1v) is 4.38. The summed E-state index contributed by atoms with van der Waals surface area (Å²) in [4.78, 5) is 11.1. The molecule has 1 aromatic rings. The third kappa shape index (κ3) is 1.55. The highest BCUT2D eigenvalue weighted by Gasteiger charge is 2.43. The predicted molar refractivity (Wildman–Crippen MR) is 49.6 cm³/mol. The maximum atomic E-state index is 11.1. The Morgan fingerprint density at radius 2 is 2.08 bits per heavy atom. The molecule has 1 aromatic carbocycles. The van der Waals surface area contributed by atoms with Crippen molar-refractivity contribution in [1.29, 1.82) is 0 Å². The number of nitrogens with one attached hydrogen (secondary N) is 1. The van der Waals surface area contributed by atoms with Gasteiger partial charge in [-0.15, -0.1) is 0 Å². The zero-order valence-corrected chi connectivity index (χ0v) is 7.23. The molecule has 1 aliphatic rings. The number of amides is 1. The summed E-state index contributed by atoms with van der Waals surface area (Å²) in [5.74, 6) is 5.48. The summed E-state index contributed by atoms with van der Waals surface area (Å²) in [5, 5.41) is 0. The molecule has 3 N–H and O–H groups in total. The molecular weight excluding hydrogens is 164 g/mol. The summed E-state index contributed by atoms with van der Waals surface area (Å²) < 4.78 is 0. The van der Waals surface area contributed by atoms with Crippen LogP contribution in [0, 0.1) is 5.92 Å². The standard InChI is InChI=1S/C10H12N2O/c11-12-10(13)9-6-8(9)7-4-2-1-3-5-7/h1-5,8-9H,6,11H2,(H,12,13)/t8-,9+/m1/s1. The molecule has 1 fully saturated rings. The molecule has 0 bridgehead atoms. The smallest absolute Gasteiger partial charge is 0.237 e. The van der Waals surface area contributed by atoms with Gasteiger partial charge in [0.25, 0.3) is 0 Å². The molecule has 0 aromatic heterocycles. The van der Waals surface area contributed by atoms with Crippen LogP contribution >= 0.6 is 0 Å². The highest BCUT2D eigenvalue weighted by atomic mass is 16.2. The van der Waals surface area contributed by atoms with Crippen LogP contribution in [0.4, 0.5) is 0 Å². The summed E-state index contributed by atoms with van der Waals surface area (Å²) in [7, 11) is 0. The fourth-order valence-corrected chi connectivity index (χ4v) is 1.66. The van der Waals surface area contributed by atoms with Crippen LogP contribution in [-0.4, -0.2) is 5.91 Å². The van der Waals surface area contributed by atoms with E-state index in [2.05, 4.69) is 17.6 Å². The van der Waals surface area contributed by atoms with Crippen molar-refractivity contribution in [2.45, 2.75) is 12.3 Å². The number of hydrazine groups is 1. The molecular formula is C10H12N2O. The quantitative estimate of drug-likeness (QED) is 0.397. The highest BCUT2D eigenvalue weighted by Crippen LogP contribution is 2.47. The van der Waals surface area contributed by atoms with Crippen molar-refractivity contribution in [3.63, 3.8) is 0 Å². The van der Waals surface area contributed by atoms with Crippen molar-refractivity contribution in [2.75, 3.05) is 0 Å². The first kappa shape index (κ1) is 8.26. The Labute approximate surface area is 76.9 Å². The van der Waals surface area contributed by atoms with Crippen molar-refractivity contribution in [1.82, 2.24) is 5.43 Å². The Kier molecular flexibility index (Phi) is 2.02. The molecule has 68 valence electrons. The van der Waals surface area contributed by atoms with Crippen LogP contribution < -0.4 is 11.3 Å². The van der Waals surface area contributed by atoms with Gasteiger partial charge in [0.05, 0.1) is 0 Å². The molecule has 2 atom stereocenters. The van der Waals surface area contributed by atoms with Crippen LogP contribution in [0.3, 0.4) is 0 Å². The molecule has 2 rings (SSSR count). The fraction of sp³-hybridized carbons (Fsp3) is 0.300. The average Bonchev–Trinajstić information content (AvgIpc) is 2.98. The van der Waals surface area contributed by atoms with Gasteiger partial charge in [-0.25, -0.2) is 5.84 Å². The van der Waals surface area contributed by atoms with Crippen LogP contribution in [0.1, 0.15) is 17.9 Å². The number of hydrogen-bond donors (Lipinski definition) is 2. The number of rotatable bonds is 2. The lowest BCUT2D eigenvalue weighted by Gasteiger charge is -1.98.